The zero-order chi connectivity index (χ0) is 10.5. The number of hydrogen-bond acceptors (Lipinski definition) is 3. The van der Waals surface area contributed by atoms with E-state index in [9.17, 15) is 0 Å². The van der Waals surface area contributed by atoms with Gasteiger partial charge in [0, 0.05) is 13.1 Å². The van der Waals surface area contributed by atoms with E-state index in [0.717, 1.165) is 24.6 Å². The lowest BCUT2D eigenvalue weighted by atomic mass is 10.1. The molecule has 1 fully saturated rings. The van der Waals surface area contributed by atoms with E-state index in [2.05, 4.69) is 9.88 Å². The van der Waals surface area contributed by atoms with E-state index < -0.39 is 0 Å². The summed E-state index contributed by atoms with van der Waals surface area (Å²) in [5, 5.41) is 0. The second-order valence-electron chi connectivity index (χ2n) is 4.20. The molecule has 0 bridgehead atoms. The van der Waals surface area contributed by atoms with Gasteiger partial charge in [-0.1, -0.05) is 19.3 Å². The fourth-order valence-electron chi connectivity index (χ4n) is 2.06. The molecule has 0 atom stereocenters. The average Bonchev–Trinajstić information content (AvgIpc) is 2.19. The molecule has 0 aromatic carbocycles. The van der Waals surface area contributed by atoms with Crippen molar-refractivity contribution in [2.75, 3.05) is 23.7 Å². The first kappa shape index (κ1) is 10.3. The maximum atomic E-state index is 5.63. The quantitative estimate of drug-likeness (QED) is 0.765. The zero-order valence-electron chi connectivity index (χ0n) is 9.15. The molecule has 1 saturated heterocycles. The molecule has 2 rings (SSSR count). The summed E-state index contributed by atoms with van der Waals surface area (Å²) >= 11 is 0. The van der Waals surface area contributed by atoms with Crippen molar-refractivity contribution < 1.29 is 0 Å². The van der Waals surface area contributed by atoms with Crippen LogP contribution in [0, 0.1) is 0 Å². The van der Waals surface area contributed by atoms with Crippen molar-refractivity contribution in [1.29, 1.82) is 0 Å². The Balaban J connectivity index is 2.03. The summed E-state index contributed by atoms with van der Waals surface area (Å²) in [5.74, 6) is 1.08. The fourth-order valence-corrected chi connectivity index (χ4v) is 2.06. The average molecular weight is 205 g/mol. The number of aromatic nitrogens is 1. The first-order valence-corrected chi connectivity index (χ1v) is 5.83. The molecule has 2 N–H and O–H groups in total. The van der Waals surface area contributed by atoms with Gasteiger partial charge in [0.25, 0.3) is 0 Å². The third-order valence-corrected chi connectivity index (χ3v) is 2.95. The van der Waals surface area contributed by atoms with E-state index in [1.54, 1.807) is 6.20 Å². The van der Waals surface area contributed by atoms with Crippen LogP contribution in [0.1, 0.15) is 32.1 Å². The van der Waals surface area contributed by atoms with Gasteiger partial charge in [-0.25, -0.2) is 4.98 Å². The molecule has 2 heterocycles. The number of nitrogen functional groups attached to an aromatic ring is 1. The third kappa shape index (κ3) is 2.85. The van der Waals surface area contributed by atoms with Crippen molar-refractivity contribution in [3.8, 4) is 0 Å². The molecular formula is C12H19N3. The van der Waals surface area contributed by atoms with Gasteiger partial charge in [-0.05, 0) is 25.0 Å². The summed E-state index contributed by atoms with van der Waals surface area (Å²) in [6.45, 7) is 2.27. The molecular weight excluding hydrogens is 186 g/mol. The van der Waals surface area contributed by atoms with Gasteiger partial charge in [0.1, 0.15) is 5.82 Å². The second kappa shape index (κ2) is 5.01. The molecule has 1 aromatic rings. The number of anilines is 2. The molecule has 1 aliphatic rings. The predicted molar refractivity (Wildman–Crippen MR) is 63.9 cm³/mol. The van der Waals surface area contributed by atoms with Crippen molar-refractivity contribution in [2.45, 2.75) is 32.1 Å². The minimum Gasteiger partial charge on any atom is -0.397 e. The Kier molecular flexibility index (Phi) is 3.43. The molecule has 0 spiro atoms. The Morgan fingerprint density at radius 2 is 1.67 bits per heavy atom. The van der Waals surface area contributed by atoms with Crippen molar-refractivity contribution in [3.63, 3.8) is 0 Å². The molecule has 1 aromatic heterocycles. The van der Waals surface area contributed by atoms with Crippen LogP contribution in [0.5, 0.6) is 0 Å². The predicted octanol–water partition coefficient (Wildman–Crippen LogP) is 2.43. The summed E-state index contributed by atoms with van der Waals surface area (Å²) < 4.78 is 0. The van der Waals surface area contributed by atoms with E-state index >= 15 is 0 Å². The van der Waals surface area contributed by atoms with Crippen LogP contribution >= 0.6 is 0 Å². The van der Waals surface area contributed by atoms with Crippen molar-refractivity contribution in [1.82, 2.24) is 4.98 Å². The highest BCUT2D eigenvalue weighted by molar-refractivity contribution is 5.45. The van der Waals surface area contributed by atoms with Gasteiger partial charge >= 0.3 is 0 Å². The van der Waals surface area contributed by atoms with E-state index in [-0.39, 0.29) is 0 Å². The summed E-state index contributed by atoms with van der Waals surface area (Å²) in [6, 6.07) is 3.96. The Morgan fingerprint density at radius 1 is 1.00 bits per heavy atom. The van der Waals surface area contributed by atoms with Crippen LogP contribution < -0.4 is 10.6 Å². The normalized spacial score (nSPS) is 18.3. The van der Waals surface area contributed by atoms with Crippen molar-refractivity contribution >= 4 is 11.5 Å². The van der Waals surface area contributed by atoms with E-state index in [1.807, 2.05) is 12.1 Å². The van der Waals surface area contributed by atoms with Gasteiger partial charge in [-0.3, -0.25) is 0 Å². The van der Waals surface area contributed by atoms with Crippen LogP contribution in [0.25, 0.3) is 0 Å². The highest BCUT2D eigenvalue weighted by atomic mass is 15.2. The highest BCUT2D eigenvalue weighted by Crippen LogP contribution is 2.17. The third-order valence-electron chi connectivity index (χ3n) is 2.95. The minimum absolute atomic E-state index is 0.741. The monoisotopic (exact) mass is 205 g/mol. The van der Waals surface area contributed by atoms with Gasteiger partial charge in [-0.2, -0.15) is 0 Å². The Labute approximate surface area is 91.3 Å². The number of hydrogen-bond donors (Lipinski definition) is 1. The lowest BCUT2D eigenvalue weighted by Gasteiger charge is -2.25. The largest absolute Gasteiger partial charge is 0.397 e. The summed E-state index contributed by atoms with van der Waals surface area (Å²) in [5.41, 5.74) is 6.37. The SMILES string of the molecule is Nc1ccc(N2CCCCCCC2)nc1. The van der Waals surface area contributed by atoms with Crippen LogP contribution in [0.15, 0.2) is 18.3 Å². The van der Waals surface area contributed by atoms with Gasteiger partial charge in [0.2, 0.25) is 0 Å². The smallest absolute Gasteiger partial charge is 0.128 e. The number of nitrogens with two attached hydrogens (primary N) is 1. The molecule has 1 aliphatic heterocycles. The maximum Gasteiger partial charge on any atom is 0.128 e. The Morgan fingerprint density at radius 3 is 2.27 bits per heavy atom. The number of rotatable bonds is 1. The highest BCUT2D eigenvalue weighted by Gasteiger charge is 2.09. The standard InChI is InChI=1S/C12H19N3/c13-11-6-7-12(14-10-11)15-8-4-2-1-3-5-9-15/h6-7,10H,1-5,8-9,13H2. The maximum absolute atomic E-state index is 5.63. The van der Waals surface area contributed by atoms with Crippen LogP contribution in [-0.2, 0) is 0 Å². The summed E-state index contributed by atoms with van der Waals surface area (Å²) in [7, 11) is 0. The summed E-state index contributed by atoms with van der Waals surface area (Å²) in [4.78, 5) is 6.75. The molecule has 82 valence electrons. The topological polar surface area (TPSA) is 42.1 Å². The number of pyridine rings is 1. The summed E-state index contributed by atoms with van der Waals surface area (Å²) in [6.07, 6.45) is 8.41. The lowest BCUT2D eigenvalue weighted by Crippen LogP contribution is -2.27. The van der Waals surface area contributed by atoms with Gasteiger partial charge < -0.3 is 10.6 Å². The van der Waals surface area contributed by atoms with Gasteiger partial charge in [-0.15, -0.1) is 0 Å². The molecule has 0 unspecified atom stereocenters. The molecule has 0 saturated carbocycles. The van der Waals surface area contributed by atoms with Crippen molar-refractivity contribution in [3.05, 3.63) is 18.3 Å². The molecule has 3 heteroatoms. The van der Waals surface area contributed by atoms with E-state index in [1.165, 1.54) is 32.1 Å². The lowest BCUT2D eigenvalue weighted by molar-refractivity contribution is 0.554. The molecule has 0 radical (unpaired) electrons. The van der Waals surface area contributed by atoms with Crippen molar-refractivity contribution in [2.24, 2.45) is 0 Å². The molecule has 15 heavy (non-hydrogen) atoms. The second-order valence-corrected chi connectivity index (χ2v) is 4.20. The molecule has 0 amide bonds. The Hall–Kier alpha value is -1.25. The van der Waals surface area contributed by atoms with Crippen LogP contribution in [-0.4, -0.2) is 18.1 Å². The van der Waals surface area contributed by atoms with Gasteiger partial charge in [0.15, 0.2) is 0 Å². The van der Waals surface area contributed by atoms with Crippen LogP contribution in [0.4, 0.5) is 11.5 Å². The van der Waals surface area contributed by atoms with Crippen LogP contribution in [0.3, 0.4) is 0 Å². The molecule has 0 aliphatic carbocycles. The fraction of sp³-hybridized carbons (Fsp3) is 0.583. The van der Waals surface area contributed by atoms with Crippen LogP contribution in [0.2, 0.25) is 0 Å². The van der Waals surface area contributed by atoms with E-state index in [0.29, 0.717) is 0 Å². The first-order chi connectivity index (χ1) is 7.36. The molecule has 3 nitrogen and oxygen atoms in total. The minimum atomic E-state index is 0.741. The van der Waals surface area contributed by atoms with Gasteiger partial charge in [0.05, 0.1) is 11.9 Å². The zero-order valence-corrected chi connectivity index (χ0v) is 9.15. The number of nitrogens with zero attached hydrogens (tertiary/aromatic N) is 2. The Bertz CT molecular complexity index is 286. The van der Waals surface area contributed by atoms with E-state index in [4.69, 9.17) is 5.73 Å². The first-order valence-electron chi connectivity index (χ1n) is 5.83.